The summed E-state index contributed by atoms with van der Waals surface area (Å²) in [7, 11) is 0. The number of nitrogens with one attached hydrogen (secondary N) is 1. The lowest BCUT2D eigenvalue weighted by Gasteiger charge is -2.39. The molecule has 0 aliphatic carbocycles. The number of aryl methyl sites for hydroxylation is 1. The number of benzene rings is 1. The monoisotopic (exact) mass is 304 g/mol. The maximum atomic E-state index is 12.7. The molecule has 1 heterocycles. The molecule has 2 unspecified atom stereocenters. The van der Waals surface area contributed by atoms with Gasteiger partial charge in [0.15, 0.2) is 0 Å². The highest BCUT2D eigenvalue weighted by molar-refractivity contribution is 5.91. The Balaban J connectivity index is 2.22. The number of aliphatic hydroxyl groups is 1. The Morgan fingerprint density at radius 1 is 1.45 bits per heavy atom. The molecular formula is C18H28N2O2. The molecule has 2 atom stereocenters. The first-order valence-electron chi connectivity index (χ1n) is 8.23. The Bertz CT molecular complexity index is 528. The maximum absolute atomic E-state index is 12.7. The standard InChI is InChI=1S/C18H28N2O2/c1-12(2)15-9-5-7-14(4)17(15)19-18(22)20-10-6-8-13(3)16(20)11-21/h5,7,9,12-13,16,21H,6,8,10-11H2,1-4H3,(H,19,22). The number of amides is 2. The molecule has 4 nitrogen and oxygen atoms in total. The van der Waals surface area contributed by atoms with Crippen molar-refractivity contribution in [3.05, 3.63) is 29.3 Å². The minimum atomic E-state index is -0.0956. The zero-order valence-electron chi connectivity index (χ0n) is 14.1. The van der Waals surface area contributed by atoms with Crippen molar-refractivity contribution >= 4 is 11.7 Å². The number of aliphatic hydroxyl groups excluding tert-OH is 1. The summed E-state index contributed by atoms with van der Waals surface area (Å²) < 4.78 is 0. The van der Waals surface area contributed by atoms with Crippen LogP contribution < -0.4 is 5.32 Å². The van der Waals surface area contributed by atoms with Gasteiger partial charge in [0, 0.05) is 12.2 Å². The van der Waals surface area contributed by atoms with Crippen molar-refractivity contribution in [1.82, 2.24) is 4.90 Å². The van der Waals surface area contributed by atoms with E-state index in [4.69, 9.17) is 0 Å². The maximum Gasteiger partial charge on any atom is 0.322 e. The van der Waals surface area contributed by atoms with E-state index < -0.39 is 0 Å². The van der Waals surface area contributed by atoms with Gasteiger partial charge in [-0.05, 0) is 42.7 Å². The highest BCUT2D eigenvalue weighted by atomic mass is 16.3. The van der Waals surface area contributed by atoms with Crippen LogP contribution in [0.1, 0.15) is 50.7 Å². The van der Waals surface area contributed by atoms with E-state index in [2.05, 4.69) is 32.2 Å². The molecule has 1 aromatic carbocycles. The van der Waals surface area contributed by atoms with Crippen LogP contribution in [0.4, 0.5) is 10.5 Å². The highest BCUT2D eigenvalue weighted by Gasteiger charge is 2.31. The normalized spacial score (nSPS) is 22.0. The Morgan fingerprint density at radius 3 is 2.82 bits per heavy atom. The molecule has 0 saturated carbocycles. The van der Waals surface area contributed by atoms with Crippen LogP contribution in [0.15, 0.2) is 18.2 Å². The second kappa shape index (κ2) is 7.14. The number of carbonyl (C=O) groups excluding carboxylic acids is 1. The Labute approximate surface area is 133 Å². The van der Waals surface area contributed by atoms with Gasteiger partial charge in [-0.1, -0.05) is 39.0 Å². The van der Waals surface area contributed by atoms with Gasteiger partial charge >= 0.3 is 6.03 Å². The number of anilines is 1. The SMILES string of the molecule is Cc1cccc(C(C)C)c1NC(=O)N1CCCC(C)C1CO. The van der Waals surface area contributed by atoms with Crippen LogP contribution in [0.5, 0.6) is 0 Å². The lowest BCUT2D eigenvalue weighted by molar-refractivity contribution is 0.0811. The van der Waals surface area contributed by atoms with E-state index in [1.807, 2.05) is 19.1 Å². The predicted molar refractivity (Wildman–Crippen MR) is 90.3 cm³/mol. The summed E-state index contributed by atoms with van der Waals surface area (Å²) in [4.78, 5) is 14.5. The predicted octanol–water partition coefficient (Wildman–Crippen LogP) is 3.74. The average molecular weight is 304 g/mol. The number of likely N-dealkylation sites (tertiary alicyclic amines) is 1. The van der Waals surface area contributed by atoms with Crippen LogP contribution in [0.2, 0.25) is 0 Å². The van der Waals surface area contributed by atoms with Crippen molar-refractivity contribution in [2.45, 2.75) is 52.5 Å². The number of urea groups is 1. The molecule has 2 rings (SSSR count). The molecular weight excluding hydrogens is 276 g/mol. The second-order valence-corrected chi connectivity index (χ2v) is 6.69. The Kier molecular flexibility index (Phi) is 5.46. The molecule has 0 aromatic heterocycles. The fraction of sp³-hybridized carbons (Fsp3) is 0.611. The van der Waals surface area contributed by atoms with Crippen LogP contribution >= 0.6 is 0 Å². The second-order valence-electron chi connectivity index (χ2n) is 6.69. The summed E-state index contributed by atoms with van der Waals surface area (Å²) in [6.07, 6.45) is 2.06. The van der Waals surface area contributed by atoms with Gasteiger partial charge in [-0.25, -0.2) is 4.79 Å². The number of rotatable bonds is 3. The molecule has 0 bridgehead atoms. The lowest BCUT2D eigenvalue weighted by Crippen LogP contribution is -2.51. The van der Waals surface area contributed by atoms with Crippen molar-refractivity contribution in [2.24, 2.45) is 5.92 Å². The molecule has 4 heteroatoms. The molecule has 2 amide bonds. The van der Waals surface area contributed by atoms with Crippen LogP contribution in [-0.2, 0) is 0 Å². The van der Waals surface area contributed by atoms with Gasteiger partial charge in [-0.2, -0.15) is 0 Å². The van der Waals surface area contributed by atoms with Crippen LogP contribution in [0.25, 0.3) is 0 Å². The van der Waals surface area contributed by atoms with Crippen molar-refractivity contribution < 1.29 is 9.90 Å². The molecule has 122 valence electrons. The van der Waals surface area contributed by atoms with Crippen molar-refractivity contribution in [3.63, 3.8) is 0 Å². The summed E-state index contributed by atoms with van der Waals surface area (Å²) >= 11 is 0. The van der Waals surface area contributed by atoms with E-state index in [-0.39, 0.29) is 18.7 Å². The first-order chi connectivity index (χ1) is 10.5. The van der Waals surface area contributed by atoms with Crippen LogP contribution in [-0.4, -0.2) is 35.2 Å². The molecule has 1 aliphatic heterocycles. The van der Waals surface area contributed by atoms with Gasteiger partial charge in [0.25, 0.3) is 0 Å². The third-order valence-corrected chi connectivity index (χ3v) is 4.72. The third-order valence-electron chi connectivity index (χ3n) is 4.72. The Morgan fingerprint density at radius 2 is 2.18 bits per heavy atom. The topological polar surface area (TPSA) is 52.6 Å². The highest BCUT2D eigenvalue weighted by Crippen LogP contribution is 2.29. The summed E-state index contributed by atoms with van der Waals surface area (Å²) in [5.41, 5.74) is 3.14. The van der Waals surface area contributed by atoms with Gasteiger partial charge in [0.05, 0.1) is 12.6 Å². The van der Waals surface area contributed by atoms with Crippen LogP contribution in [0.3, 0.4) is 0 Å². The quantitative estimate of drug-likeness (QED) is 0.893. The molecule has 1 aliphatic rings. The molecule has 2 N–H and O–H groups in total. The van der Waals surface area contributed by atoms with E-state index >= 15 is 0 Å². The summed E-state index contributed by atoms with van der Waals surface area (Å²) in [5, 5.41) is 12.7. The largest absolute Gasteiger partial charge is 0.394 e. The zero-order chi connectivity index (χ0) is 16.3. The number of nitrogens with zero attached hydrogens (tertiary/aromatic N) is 1. The van der Waals surface area contributed by atoms with Gasteiger partial charge in [0.2, 0.25) is 0 Å². The molecule has 0 radical (unpaired) electrons. The minimum Gasteiger partial charge on any atom is -0.394 e. The first-order valence-corrected chi connectivity index (χ1v) is 8.23. The average Bonchev–Trinajstić information content (AvgIpc) is 2.48. The number of para-hydroxylation sites is 1. The van der Waals surface area contributed by atoms with Gasteiger partial charge in [-0.15, -0.1) is 0 Å². The van der Waals surface area contributed by atoms with Crippen molar-refractivity contribution in [2.75, 3.05) is 18.5 Å². The third kappa shape index (κ3) is 3.43. The van der Waals surface area contributed by atoms with Crippen LogP contribution in [0, 0.1) is 12.8 Å². The zero-order valence-corrected chi connectivity index (χ0v) is 14.1. The summed E-state index contributed by atoms with van der Waals surface area (Å²) in [6.45, 7) is 9.12. The lowest BCUT2D eigenvalue weighted by atomic mass is 9.91. The number of carbonyl (C=O) groups is 1. The fourth-order valence-electron chi connectivity index (χ4n) is 3.30. The molecule has 0 spiro atoms. The number of piperidine rings is 1. The molecule has 1 saturated heterocycles. The van der Waals surface area contributed by atoms with Gasteiger partial charge in [0.1, 0.15) is 0 Å². The van der Waals surface area contributed by atoms with E-state index in [1.54, 1.807) is 4.90 Å². The molecule has 1 aromatic rings. The van der Waals surface area contributed by atoms with E-state index in [0.717, 1.165) is 29.7 Å². The fourth-order valence-corrected chi connectivity index (χ4v) is 3.30. The van der Waals surface area contributed by atoms with Crippen molar-refractivity contribution in [3.8, 4) is 0 Å². The summed E-state index contributed by atoms with van der Waals surface area (Å²) in [6, 6.07) is 5.93. The smallest absolute Gasteiger partial charge is 0.322 e. The van der Waals surface area contributed by atoms with E-state index in [0.29, 0.717) is 18.4 Å². The number of hydrogen-bond acceptors (Lipinski definition) is 2. The van der Waals surface area contributed by atoms with E-state index in [9.17, 15) is 9.90 Å². The van der Waals surface area contributed by atoms with Crippen molar-refractivity contribution in [1.29, 1.82) is 0 Å². The first kappa shape index (κ1) is 16.8. The van der Waals surface area contributed by atoms with Gasteiger partial charge < -0.3 is 15.3 Å². The Hall–Kier alpha value is -1.55. The minimum absolute atomic E-state index is 0.0272. The molecule has 22 heavy (non-hydrogen) atoms. The van der Waals surface area contributed by atoms with Gasteiger partial charge in [-0.3, -0.25) is 0 Å². The van der Waals surface area contributed by atoms with E-state index in [1.165, 1.54) is 0 Å². The summed E-state index contributed by atoms with van der Waals surface area (Å²) in [5.74, 6) is 0.690. The molecule has 1 fully saturated rings. The number of hydrogen-bond donors (Lipinski definition) is 2.